The maximum Gasteiger partial charge on any atom is 0.227 e. The zero-order chi connectivity index (χ0) is 13.0. The van der Waals surface area contributed by atoms with E-state index in [9.17, 15) is 4.79 Å². The van der Waals surface area contributed by atoms with Gasteiger partial charge in [0.15, 0.2) is 0 Å². The summed E-state index contributed by atoms with van der Waals surface area (Å²) in [6.07, 6.45) is 4.47. The summed E-state index contributed by atoms with van der Waals surface area (Å²) < 4.78 is 0. The van der Waals surface area contributed by atoms with E-state index < -0.39 is 0 Å². The van der Waals surface area contributed by atoms with Gasteiger partial charge in [0.25, 0.3) is 0 Å². The van der Waals surface area contributed by atoms with Crippen LogP contribution in [0.1, 0.15) is 31.2 Å². The predicted octanol–water partition coefficient (Wildman–Crippen LogP) is 2.88. The molecule has 1 aliphatic rings. The molecule has 3 heteroatoms. The molecule has 1 aromatic rings. The normalized spacial score (nSPS) is 16.2. The Morgan fingerprint density at radius 3 is 2.61 bits per heavy atom. The second-order valence-corrected chi connectivity index (χ2v) is 5.37. The molecule has 0 atom stereocenters. The maximum absolute atomic E-state index is 12.1. The monoisotopic (exact) mass is 246 g/mol. The van der Waals surface area contributed by atoms with Gasteiger partial charge >= 0.3 is 0 Å². The molecule has 1 saturated carbocycles. The second-order valence-electron chi connectivity index (χ2n) is 5.37. The van der Waals surface area contributed by atoms with Gasteiger partial charge in [-0.25, -0.2) is 0 Å². The topological polar surface area (TPSA) is 32.3 Å². The molecule has 0 bridgehead atoms. The summed E-state index contributed by atoms with van der Waals surface area (Å²) in [5.74, 6) is 0.413. The summed E-state index contributed by atoms with van der Waals surface area (Å²) in [6.45, 7) is 0.848. The summed E-state index contributed by atoms with van der Waals surface area (Å²) in [5, 5.41) is 3.09. The fourth-order valence-electron chi connectivity index (χ4n) is 2.54. The summed E-state index contributed by atoms with van der Waals surface area (Å²) >= 11 is 0. The first-order valence-corrected chi connectivity index (χ1v) is 6.70. The summed E-state index contributed by atoms with van der Waals surface area (Å²) in [4.78, 5) is 14.2. The molecule has 0 radical (unpaired) electrons. The standard InChI is InChI=1S/C15H22N2O/c1-17(2)11-13-9-5-6-10-14(13)16-15(18)12-7-3-4-8-12/h5-6,9-10,12H,3-4,7-8,11H2,1-2H3,(H,16,18). The van der Waals surface area contributed by atoms with Crippen LogP contribution in [0.25, 0.3) is 0 Å². The van der Waals surface area contributed by atoms with E-state index >= 15 is 0 Å². The Kier molecular flexibility index (Phi) is 4.37. The van der Waals surface area contributed by atoms with Crippen molar-refractivity contribution in [3.05, 3.63) is 29.8 Å². The lowest BCUT2D eigenvalue weighted by Crippen LogP contribution is -2.22. The third-order valence-corrected chi connectivity index (χ3v) is 3.49. The highest BCUT2D eigenvalue weighted by Crippen LogP contribution is 2.26. The van der Waals surface area contributed by atoms with Crippen LogP contribution in [0.15, 0.2) is 24.3 Å². The van der Waals surface area contributed by atoms with Crippen molar-refractivity contribution in [1.82, 2.24) is 4.90 Å². The molecule has 0 heterocycles. The Hall–Kier alpha value is -1.35. The predicted molar refractivity (Wildman–Crippen MR) is 74.4 cm³/mol. The third kappa shape index (κ3) is 3.33. The number of hydrogen-bond donors (Lipinski definition) is 1. The molecule has 0 aromatic heterocycles. The first-order valence-electron chi connectivity index (χ1n) is 6.70. The van der Waals surface area contributed by atoms with Crippen LogP contribution < -0.4 is 5.32 Å². The van der Waals surface area contributed by atoms with Crippen molar-refractivity contribution < 1.29 is 4.79 Å². The number of anilines is 1. The first kappa shape index (κ1) is 13.1. The molecule has 0 aliphatic heterocycles. The van der Waals surface area contributed by atoms with Gasteiger partial charge in [0, 0.05) is 18.2 Å². The van der Waals surface area contributed by atoms with Crippen molar-refractivity contribution in [3.8, 4) is 0 Å². The van der Waals surface area contributed by atoms with Gasteiger partial charge in [0.2, 0.25) is 5.91 Å². The Balaban J connectivity index is 2.05. The smallest absolute Gasteiger partial charge is 0.227 e. The van der Waals surface area contributed by atoms with Gasteiger partial charge in [0.05, 0.1) is 0 Å². The molecule has 0 spiro atoms. The SMILES string of the molecule is CN(C)Cc1ccccc1NC(=O)C1CCCC1. The molecule has 98 valence electrons. The number of nitrogens with one attached hydrogen (secondary N) is 1. The van der Waals surface area contributed by atoms with Gasteiger partial charge in [-0.2, -0.15) is 0 Å². The highest BCUT2D eigenvalue weighted by Gasteiger charge is 2.23. The molecule has 1 aromatic carbocycles. The van der Waals surface area contributed by atoms with Gasteiger partial charge in [-0.05, 0) is 38.6 Å². The van der Waals surface area contributed by atoms with Crippen molar-refractivity contribution in [3.63, 3.8) is 0 Å². The van der Waals surface area contributed by atoms with Crippen molar-refractivity contribution in [2.45, 2.75) is 32.2 Å². The molecule has 2 rings (SSSR count). The Bertz CT molecular complexity index is 409. The minimum Gasteiger partial charge on any atom is -0.326 e. The first-order chi connectivity index (χ1) is 8.66. The van der Waals surface area contributed by atoms with E-state index in [0.29, 0.717) is 0 Å². The number of benzene rings is 1. The average molecular weight is 246 g/mol. The van der Waals surface area contributed by atoms with Crippen molar-refractivity contribution in [2.75, 3.05) is 19.4 Å². The molecule has 3 nitrogen and oxygen atoms in total. The van der Waals surface area contributed by atoms with Crippen LogP contribution in [0.5, 0.6) is 0 Å². The van der Waals surface area contributed by atoms with Crippen LogP contribution in [-0.4, -0.2) is 24.9 Å². The van der Waals surface area contributed by atoms with Crippen LogP contribution in [0.4, 0.5) is 5.69 Å². The molecule has 18 heavy (non-hydrogen) atoms. The third-order valence-electron chi connectivity index (χ3n) is 3.49. The molecule has 0 unspecified atom stereocenters. The lowest BCUT2D eigenvalue weighted by Gasteiger charge is -2.16. The zero-order valence-electron chi connectivity index (χ0n) is 11.3. The number of amides is 1. The minimum absolute atomic E-state index is 0.193. The van der Waals surface area contributed by atoms with E-state index in [4.69, 9.17) is 0 Å². The van der Waals surface area contributed by atoms with Gasteiger partial charge in [-0.15, -0.1) is 0 Å². The molecular weight excluding hydrogens is 224 g/mol. The quantitative estimate of drug-likeness (QED) is 0.886. The van der Waals surface area contributed by atoms with Crippen LogP contribution in [0, 0.1) is 5.92 Å². The van der Waals surface area contributed by atoms with E-state index in [1.807, 2.05) is 32.3 Å². The van der Waals surface area contributed by atoms with Crippen molar-refractivity contribution in [2.24, 2.45) is 5.92 Å². The molecule has 1 aliphatic carbocycles. The van der Waals surface area contributed by atoms with Gasteiger partial charge in [-0.1, -0.05) is 31.0 Å². The van der Waals surface area contributed by atoms with E-state index in [1.165, 1.54) is 18.4 Å². The Morgan fingerprint density at radius 1 is 1.28 bits per heavy atom. The number of carbonyl (C=O) groups excluding carboxylic acids is 1. The summed E-state index contributed by atoms with van der Waals surface area (Å²) in [7, 11) is 4.07. The summed E-state index contributed by atoms with van der Waals surface area (Å²) in [6, 6.07) is 8.06. The average Bonchev–Trinajstić information content (AvgIpc) is 2.84. The number of nitrogens with zero attached hydrogens (tertiary/aromatic N) is 1. The minimum atomic E-state index is 0.193. The molecule has 1 N–H and O–H groups in total. The number of hydrogen-bond acceptors (Lipinski definition) is 2. The van der Waals surface area contributed by atoms with Crippen LogP contribution >= 0.6 is 0 Å². The number of rotatable bonds is 4. The van der Waals surface area contributed by atoms with E-state index in [2.05, 4.69) is 16.3 Å². The van der Waals surface area contributed by atoms with Crippen molar-refractivity contribution >= 4 is 11.6 Å². The van der Waals surface area contributed by atoms with Crippen molar-refractivity contribution in [1.29, 1.82) is 0 Å². The van der Waals surface area contributed by atoms with Gasteiger partial charge in [0.1, 0.15) is 0 Å². The maximum atomic E-state index is 12.1. The van der Waals surface area contributed by atoms with Gasteiger partial charge in [-0.3, -0.25) is 4.79 Å². The highest BCUT2D eigenvalue weighted by atomic mass is 16.1. The fourth-order valence-corrected chi connectivity index (χ4v) is 2.54. The lowest BCUT2D eigenvalue weighted by atomic mass is 10.1. The van der Waals surface area contributed by atoms with E-state index in [0.717, 1.165) is 25.1 Å². The summed E-state index contributed by atoms with van der Waals surface area (Å²) in [5.41, 5.74) is 2.14. The van der Waals surface area contributed by atoms with Crippen LogP contribution in [0.3, 0.4) is 0 Å². The number of carbonyl (C=O) groups is 1. The zero-order valence-corrected chi connectivity index (χ0v) is 11.3. The van der Waals surface area contributed by atoms with E-state index in [-0.39, 0.29) is 11.8 Å². The van der Waals surface area contributed by atoms with Crippen LogP contribution in [0.2, 0.25) is 0 Å². The molecule has 1 fully saturated rings. The molecule has 0 saturated heterocycles. The highest BCUT2D eigenvalue weighted by molar-refractivity contribution is 5.93. The largest absolute Gasteiger partial charge is 0.326 e. The molecule has 1 amide bonds. The van der Waals surface area contributed by atoms with Crippen LogP contribution in [-0.2, 0) is 11.3 Å². The molecular formula is C15H22N2O. The lowest BCUT2D eigenvalue weighted by molar-refractivity contribution is -0.119. The Morgan fingerprint density at radius 2 is 1.94 bits per heavy atom. The Labute approximate surface area is 109 Å². The second kappa shape index (κ2) is 6.01. The number of para-hydroxylation sites is 1. The van der Waals surface area contributed by atoms with Gasteiger partial charge < -0.3 is 10.2 Å². The fraction of sp³-hybridized carbons (Fsp3) is 0.533. The van der Waals surface area contributed by atoms with E-state index in [1.54, 1.807) is 0 Å².